The first-order valence-corrected chi connectivity index (χ1v) is 9.29. The fourth-order valence-corrected chi connectivity index (χ4v) is 2.90. The molecule has 2 aromatic carbocycles. The molecule has 4 nitrogen and oxygen atoms in total. The summed E-state index contributed by atoms with van der Waals surface area (Å²) in [5, 5.41) is 6.44. The molecule has 2 N–H and O–H groups in total. The van der Waals surface area contributed by atoms with Crippen LogP contribution in [0.1, 0.15) is 29.3 Å². The van der Waals surface area contributed by atoms with Gasteiger partial charge >= 0.3 is 0 Å². The summed E-state index contributed by atoms with van der Waals surface area (Å²) >= 11 is 14.6. The fourth-order valence-electron chi connectivity index (χ4n) is 2.03. The Bertz CT molecular complexity index is 799. The second-order valence-corrected chi connectivity index (χ2v) is 7.06. The number of amides is 1. The zero-order valence-electron chi connectivity index (χ0n) is 13.9. The summed E-state index contributed by atoms with van der Waals surface area (Å²) in [5.41, 5.74) is 2.20. The van der Waals surface area contributed by atoms with Crippen molar-refractivity contribution in [2.75, 3.05) is 11.9 Å². The highest BCUT2D eigenvalue weighted by Crippen LogP contribution is 2.26. The van der Waals surface area contributed by atoms with Crippen LogP contribution in [0.15, 0.2) is 40.9 Å². The van der Waals surface area contributed by atoms with Gasteiger partial charge in [0.05, 0.1) is 11.1 Å². The fraction of sp³-hybridized carbons (Fsp3) is 0.222. The number of anilines is 1. The van der Waals surface area contributed by atoms with Crippen LogP contribution >= 0.6 is 39.7 Å². The predicted octanol–water partition coefficient (Wildman–Crippen LogP) is 5.33. The summed E-state index contributed by atoms with van der Waals surface area (Å²) in [6.45, 7) is 4.58. The van der Waals surface area contributed by atoms with E-state index in [0.717, 1.165) is 22.1 Å². The molecule has 7 heteroatoms. The number of benzene rings is 2. The van der Waals surface area contributed by atoms with Gasteiger partial charge < -0.3 is 10.1 Å². The third kappa shape index (κ3) is 5.70. The molecule has 0 bridgehead atoms. The summed E-state index contributed by atoms with van der Waals surface area (Å²) in [5.74, 6) is 0.397. The molecule has 0 spiro atoms. The molecule has 25 heavy (non-hydrogen) atoms. The number of hydrogen-bond donors (Lipinski definition) is 2. The van der Waals surface area contributed by atoms with Crippen LogP contribution in [0.5, 0.6) is 5.75 Å². The monoisotopic (exact) mass is 440 g/mol. The van der Waals surface area contributed by atoms with E-state index >= 15 is 0 Å². The van der Waals surface area contributed by atoms with Crippen LogP contribution in [0.25, 0.3) is 0 Å². The van der Waals surface area contributed by atoms with Crippen LogP contribution in [0.2, 0.25) is 5.02 Å². The topological polar surface area (TPSA) is 50.4 Å². The van der Waals surface area contributed by atoms with E-state index in [1.54, 1.807) is 30.3 Å². The molecule has 0 unspecified atom stereocenters. The Hall–Kier alpha value is -1.63. The maximum absolute atomic E-state index is 12.3. The van der Waals surface area contributed by atoms with E-state index < -0.39 is 0 Å². The Labute approximate surface area is 166 Å². The first kappa shape index (κ1) is 19.7. The third-order valence-corrected chi connectivity index (χ3v) is 4.39. The highest BCUT2D eigenvalue weighted by Gasteiger charge is 2.11. The molecule has 0 aliphatic rings. The summed E-state index contributed by atoms with van der Waals surface area (Å²) in [6, 6.07) is 10.6. The number of carbonyl (C=O) groups excluding carboxylic acids is 1. The minimum atomic E-state index is -0.306. The van der Waals surface area contributed by atoms with E-state index in [1.165, 1.54) is 0 Å². The number of rotatable bonds is 5. The van der Waals surface area contributed by atoms with Gasteiger partial charge in [0.2, 0.25) is 0 Å². The predicted molar refractivity (Wildman–Crippen MR) is 110 cm³/mol. The molecule has 0 atom stereocenters. The van der Waals surface area contributed by atoms with Gasteiger partial charge in [0.15, 0.2) is 5.11 Å². The number of halogens is 2. The molecule has 1 amide bonds. The highest BCUT2D eigenvalue weighted by molar-refractivity contribution is 9.10. The molecule has 2 aromatic rings. The van der Waals surface area contributed by atoms with Gasteiger partial charge in [-0.05, 0) is 77.4 Å². The van der Waals surface area contributed by atoms with Gasteiger partial charge in [-0.3, -0.25) is 10.1 Å². The zero-order chi connectivity index (χ0) is 18.4. The number of aryl methyl sites for hydroxylation is 1. The van der Waals surface area contributed by atoms with Crippen molar-refractivity contribution in [3.8, 4) is 5.75 Å². The van der Waals surface area contributed by atoms with E-state index in [1.807, 2.05) is 19.9 Å². The Balaban J connectivity index is 2.02. The summed E-state index contributed by atoms with van der Waals surface area (Å²) in [4.78, 5) is 12.3. The van der Waals surface area contributed by atoms with Crippen LogP contribution in [0.4, 0.5) is 5.69 Å². The van der Waals surface area contributed by atoms with Crippen molar-refractivity contribution in [3.63, 3.8) is 0 Å². The van der Waals surface area contributed by atoms with Crippen molar-refractivity contribution in [1.29, 1.82) is 0 Å². The van der Waals surface area contributed by atoms with Gasteiger partial charge in [-0.15, -0.1) is 0 Å². The van der Waals surface area contributed by atoms with Crippen molar-refractivity contribution in [2.45, 2.75) is 20.3 Å². The summed E-state index contributed by atoms with van der Waals surface area (Å²) < 4.78 is 6.30. The van der Waals surface area contributed by atoms with Crippen molar-refractivity contribution >= 4 is 56.5 Å². The molecule has 0 heterocycles. The number of ether oxygens (including phenoxy) is 1. The first-order chi connectivity index (χ1) is 11.9. The molecular formula is C18H18BrClN2O2S. The van der Waals surface area contributed by atoms with Crippen LogP contribution in [-0.2, 0) is 0 Å². The Morgan fingerprint density at radius 2 is 2.04 bits per heavy atom. The van der Waals surface area contributed by atoms with E-state index in [4.69, 9.17) is 28.6 Å². The lowest BCUT2D eigenvalue weighted by Crippen LogP contribution is -2.34. The Morgan fingerprint density at radius 3 is 2.72 bits per heavy atom. The molecule has 0 saturated carbocycles. The van der Waals surface area contributed by atoms with Gasteiger partial charge in [-0.25, -0.2) is 0 Å². The second-order valence-electron chi connectivity index (χ2n) is 5.36. The van der Waals surface area contributed by atoms with Crippen molar-refractivity contribution in [3.05, 3.63) is 57.0 Å². The standard InChI is InChI=1S/C18H18BrClN2O2S/c1-3-8-24-16-7-5-12(9-14(16)19)17(23)22-18(25)21-15-10-13(20)6-4-11(15)2/h4-7,9-10H,3,8H2,1-2H3,(H2,21,22,23,25). The maximum Gasteiger partial charge on any atom is 0.257 e. The van der Waals surface area contributed by atoms with E-state index in [0.29, 0.717) is 22.9 Å². The van der Waals surface area contributed by atoms with Crippen molar-refractivity contribution in [1.82, 2.24) is 5.32 Å². The minimum Gasteiger partial charge on any atom is -0.492 e. The molecule has 0 saturated heterocycles. The first-order valence-electron chi connectivity index (χ1n) is 7.71. The molecule has 0 aliphatic heterocycles. The third-order valence-electron chi connectivity index (χ3n) is 3.33. The number of carbonyl (C=O) groups is 1. The van der Waals surface area contributed by atoms with Crippen LogP contribution in [0, 0.1) is 6.92 Å². The zero-order valence-corrected chi connectivity index (χ0v) is 17.0. The quantitative estimate of drug-likeness (QED) is 0.616. The SMILES string of the molecule is CCCOc1ccc(C(=O)NC(=S)Nc2cc(Cl)ccc2C)cc1Br. The Morgan fingerprint density at radius 1 is 1.28 bits per heavy atom. The van der Waals surface area contributed by atoms with E-state index in [2.05, 4.69) is 26.6 Å². The van der Waals surface area contributed by atoms with Gasteiger partial charge in [0.25, 0.3) is 5.91 Å². The van der Waals surface area contributed by atoms with Gasteiger partial charge in [-0.2, -0.15) is 0 Å². The van der Waals surface area contributed by atoms with E-state index in [-0.39, 0.29) is 11.0 Å². The largest absolute Gasteiger partial charge is 0.492 e. The molecule has 2 rings (SSSR count). The average molecular weight is 442 g/mol. The highest BCUT2D eigenvalue weighted by atomic mass is 79.9. The molecule has 0 aliphatic carbocycles. The molecular weight excluding hydrogens is 424 g/mol. The lowest BCUT2D eigenvalue weighted by atomic mass is 10.2. The molecule has 0 aromatic heterocycles. The smallest absolute Gasteiger partial charge is 0.257 e. The number of hydrogen-bond acceptors (Lipinski definition) is 3. The lowest BCUT2D eigenvalue weighted by molar-refractivity contribution is 0.0977. The number of thiocarbonyl (C=S) groups is 1. The van der Waals surface area contributed by atoms with Gasteiger partial charge in [0, 0.05) is 16.3 Å². The van der Waals surface area contributed by atoms with Crippen LogP contribution in [-0.4, -0.2) is 17.6 Å². The van der Waals surface area contributed by atoms with Gasteiger partial charge in [-0.1, -0.05) is 24.6 Å². The van der Waals surface area contributed by atoms with Crippen molar-refractivity contribution in [2.24, 2.45) is 0 Å². The van der Waals surface area contributed by atoms with E-state index in [9.17, 15) is 4.79 Å². The molecule has 132 valence electrons. The normalized spacial score (nSPS) is 10.2. The number of nitrogens with one attached hydrogen (secondary N) is 2. The van der Waals surface area contributed by atoms with Crippen LogP contribution in [0.3, 0.4) is 0 Å². The molecule has 0 fully saturated rings. The summed E-state index contributed by atoms with van der Waals surface area (Å²) in [6.07, 6.45) is 0.914. The van der Waals surface area contributed by atoms with Gasteiger partial charge in [0.1, 0.15) is 5.75 Å². The maximum atomic E-state index is 12.3. The summed E-state index contributed by atoms with van der Waals surface area (Å²) in [7, 11) is 0. The lowest BCUT2D eigenvalue weighted by Gasteiger charge is -2.13. The Kier molecular flexibility index (Phi) is 7.23. The minimum absolute atomic E-state index is 0.206. The van der Waals surface area contributed by atoms with Crippen molar-refractivity contribution < 1.29 is 9.53 Å². The molecule has 0 radical (unpaired) electrons. The average Bonchev–Trinajstić information content (AvgIpc) is 2.57. The van der Waals surface area contributed by atoms with Crippen LogP contribution < -0.4 is 15.4 Å². The second kappa shape index (κ2) is 9.17.